The fourth-order valence-corrected chi connectivity index (χ4v) is 5.88. The van der Waals surface area contributed by atoms with E-state index >= 15 is 0 Å². The molecule has 40 heavy (non-hydrogen) atoms. The number of piperidine rings is 1. The molecule has 3 heterocycles. The predicted octanol–water partition coefficient (Wildman–Crippen LogP) is 4.57. The summed E-state index contributed by atoms with van der Waals surface area (Å²) in [5.74, 6) is -0.634. The number of hydrogen-bond acceptors (Lipinski definition) is 7. The number of ether oxygens (including phenoxy) is 1. The Kier molecular flexibility index (Phi) is 9.35. The van der Waals surface area contributed by atoms with Crippen LogP contribution in [0.25, 0.3) is 22.4 Å². The van der Waals surface area contributed by atoms with E-state index in [1.807, 2.05) is 0 Å². The first-order valence-electron chi connectivity index (χ1n) is 12.8. The van der Waals surface area contributed by atoms with Gasteiger partial charge in [-0.25, -0.2) is 22.6 Å². The van der Waals surface area contributed by atoms with Crippen molar-refractivity contribution in [1.29, 1.82) is 0 Å². The Morgan fingerprint density at radius 2 is 1.98 bits per heavy atom. The van der Waals surface area contributed by atoms with Crippen molar-refractivity contribution in [3.8, 4) is 11.3 Å². The van der Waals surface area contributed by atoms with Gasteiger partial charge in [0.1, 0.15) is 17.2 Å². The summed E-state index contributed by atoms with van der Waals surface area (Å²) in [6.45, 7) is 6.59. The van der Waals surface area contributed by atoms with Crippen LogP contribution in [0.3, 0.4) is 0 Å². The number of amides is 2. The van der Waals surface area contributed by atoms with Gasteiger partial charge in [0.25, 0.3) is 5.91 Å². The van der Waals surface area contributed by atoms with Crippen molar-refractivity contribution in [2.24, 2.45) is 5.92 Å². The molecule has 2 aromatic heterocycles. The van der Waals surface area contributed by atoms with E-state index in [2.05, 4.69) is 32.9 Å². The minimum Gasteiger partial charge on any atom is -0.444 e. The number of aromatic nitrogens is 1. The molecule has 1 saturated heterocycles. The van der Waals surface area contributed by atoms with E-state index in [-0.39, 0.29) is 42.0 Å². The second kappa shape index (κ2) is 12.4. The number of carbonyl (C=O) groups is 2. The van der Waals surface area contributed by atoms with Gasteiger partial charge >= 0.3 is 6.09 Å². The molecule has 0 saturated carbocycles. The van der Waals surface area contributed by atoms with Crippen LogP contribution in [-0.2, 0) is 22.2 Å². The van der Waals surface area contributed by atoms with Crippen LogP contribution in [-0.4, -0.2) is 66.9 Å². The number of pyridine rings is 1. The van der Waals surface area contributed by atoms with E-state index < -0.39 is 28.4 Å². The summed E-state index contributed by atoms with van der Waals surface area (Å²) in [7, 11) is -1.45. The van der Waals surface area contributed by atoms with Gasteiger partial charge in [0.15, 0.2) is 0 Å². The summed E-state index contributed by atoms with van der Waals surface area (Å²) in [6, 6.07) is 7.31. The highest BCUT2D eigenvalue weighted by molar-refractivity contribution is 14.1. The van der Waals surface area contributed by atoms with Crippen LogP contribution >= 0.6 is 22.6 Å². The van der Waals surface area contributed by atoms with Gasteiger partial charge in [0, 0.05) is 35.8 Å². The third kappa shape index (κ3) is 7.10. The fraction of sp³-hybridized carbons (Fsp3) is 0.444. The zero-order valence-electron chi connectivity index (χ0n) is 22.7. The zero-order chi connectivity index (χ0) is 29.2. The first kappa shape index (κ1) is 30.2. The number of carbonyl (C=O) groups excluding carboxylic acids is 2. The van der Waals surface area contributed by atoms with Crippen LogP contribution in [0.4, 0.5) is 9.18 Å². The Hall–Kier alpha value is -2.78. The molecule has 13 heteroatoms. The zero-order valence-corrected chi connectivity index (χ0v) is 25.8. The van der Waals surface area contributed by atoms with Gasteiger partial charge in [-0.1, -0.05) is 0 Å². The van der Waals surface area contributed by atoms with Gasteiger partial charge in [-0.15, -0.1) is 0 Å². The van der Waals surface area contributed by atoms with E-state index in [0.717, 1.165) is 12.8 Å². The molecular formula is C27H32FIN4O6S. The van der Waals surface area contributed by atoms with Gasteiger partial charge in [-0.05, 0) is 92.5 Å². The number of likely N-dealkylation sites (tertiary alicyclic amines) is 1. The Balaban J connectivity index is 1.60. The number of fused-ring (bicyclic) bond motifs is 1. The van der Waals surface area contributed by atoms with Gasteiger partial charge in [-0.3, -0.25) is 4.79 Å². The summed E-state index contributed by atoms with van der Waals surface area (Å²) in [6.07, 6.45) is 1.12. The number of rotatable bonds is 7. The lowest BCUT2D eigenvalue weighted by atomic mass is 9.98. The summed E-state index contributed by atoms with van der Waals surface area (Å²) in [4.78, 5) is 31.6. The summed E-state index contributed by atoms with van der Waals surface area (Å²) >= 11 is 2.06. The topological polar surface area (TPSA) is 122 Å². The number of hydrogen-bond donors (Lipinski definition) is 2. The molecule has 1 aliphatic heterocycles. The average molecular weight is 687 g/mol. The van der Waals surface area contributed by atoms with Crippen LogP contribution in [0.2, 0.25) is 0 Å². The van der Waals surface area contributed by atoms with Crippen molar-refractivity contribution in [2.45, 2.75) is 45.8 Å². The number of nitrogens with one attached hydrogen (secondary N) is 1. The maximum Gasteiger partial charge on any atom is 0.410 e. The number of furan rings is 1. The average Bonchev–Trinajstić information content (AvgIpc) is 3.25. The van der Waals surface area contributed by atoms with Crippen molar-refractivity contribution in [2.75, 3.05) is 26.7 Å². The second-order valence-electron chi connectivity index (χ2n) is 10.7. The quantitative estimate of drug-likeness (QED) is 0.276. The maximum absolute atomic E-state index is 13.5. The summed E-state index contributed by atoms with van der Waals surface area (Å²) < 4.78 is 51.5. The van der Waals surface area contributed by atoms with Gasteiger partial charge in [-0.2, -0.15) is 4.31 Å². The lowest BCUT2D eigenvalue weighted by Gasteiger charge is -2.35. The minimum absolute atomic E-state index is 0.00224. The highest BCUT2D eigenvalue weighted by Crippen LogP contribution is 2.35. The molecule has 0 spiro atoms. The van der Waals surface area contributed by atoms with Crippen LogP contribution in [0.5, 0.6) is 0 Å². The van der Waals surface area contributed by atoms with Gasteiger partial charge in [0.2, 0.25) is 16.6 Å². The number of benzene rings is 1. The Bertz CT molecular complexity index is 1480. The molecular weight excluding hydrogens is 654 g/mol. The van der Waals surface area contributed by atoms with E-state index in [4.69, 9.17) is 9.15 Å². The Labute approximate surface area is 247 Å². The van der Waals surface area contributed by atoms with Crippen molar-refractivity contribution in [1.82, 2.24) is 19.5 Å². The minimum atomic E-state index is -2.95. The number of halogens is 2. The molecule has 216 valence electrons. The van der Waals surface area contributed by atoms with Crippen LogP contribution in [0, 0.1) is 15.3 Å². The maximum atomic E-state index is 13.5. The van der Waals surface area contributed by atoms with Gasteiger partial charge < -0.3 is 19.4 Å². The lowest BCUT2D eigenvalue weighted by Crippen LogP contribution is -2.45. The SMILES string of the molecule is CNC(=O)c1c(-c2ccc(F)cc2)oc2nc(CN(CC3CCCN(C(=O)OC(C)(C)C)C3)[SH](=O)=O)c(I)cc12. The van der Waals surface area contributed by atoms with Crippen molar-refractivity contribution in [3.05, 3.63) is 51.0 Å². The first-order valence-corrected chi connectivity index (χ1v) is 15.0. The monoisotopic (exact) mass is 686 g/mol. The predicted molar refractivity (Wildman–Crippen MR) is 157 cm³/mol. The number of thiol groups is 1. The standard InChI is InChI=1S/C27H32FIN4O6S/c1-27(2,3)39-26(35)32-11-5-6-16(13-32)14-33(40(36)37)15-21-20(29)12-19-22(24(34)30-4)23(38-25(19)31-21)17-7-9-18(28)10-8-17/h7-10,12,16,40H,5-6,11,13-15H2,1-4H3,(H,30,34). The molecule has 0 aliphatic carbocycles. The number of nitrogens with zero attached hydrogens (tertiary/aromatic N) is 3. The summed E-state index contributed by atoms with van der Waals surface area (Å²) in [5, 5.41) is 3.07. The second-order valence-corrected chi connectivity index (χ2v) is 12.9. The van der Waals surface area contributed by atoms with E-state index in [1.165, 1.54) is 35.6 Å². The first-order chi connectivity index (χ1) is 18.9. The van der Waals surface area contributed by atoms with Gasteiger partial charge in [0.05, 0.1) is 23.2 Å². The summed E-state index contributed by atoms with van der Waals surface area (Å²) in [5.41, 5.74) is 0.788. The Morgan fingerprint density at radius 3 is 2.60 bits per heavy atom. The lowest BCUT2D eigenvalue weighted by molar-refractivity contribution is 0.0157. The highest BCUT2D eigenvalue weighted by atomic mass is 127. The normalized spacial score (nSPS) is 16.1. The third-order valence-electron chi connectivity index (χ3n) is 6.47. The van der Waals surface area contributed by atoms with E-state index in [9.17, 15) is 22.4 Å². The molecule has 2 amide bonds. The van der Waals surface area contributed by atoms with Crippen molar-refractivity contribution < 1.29 is 31.6 Å². The molecule has 1 aromatic carbocycles. The van der Waals surface area contributed by atoms with Crippen LogP contribution < -0.4 is 5.32 Å². The smallest absolute Gasteiger partial charge is 0.410 e. The molecule has 0 bridgehead atoms. The molecule has 3 aromatic rings. The van der Waals surface area contributed by atoms with Crippen LogP contribution in [0.1, 0.15) is 49.7 Å². The molecule has 1 N–H and O–H groups in total. The molecule has 4 rings (SSSR count). The largest absolute Gasteiger partial charge is 0.444 e. The van der Waals surface area contributed by atoms with Crippen molar-refractivity contribution >= 4 is 56.6 Å². The highest BCUT2D eigenvalue weighted by Gasteiger charge is 2.30. The molecule has 1 aliphatic rings. The van der Waals surface area contributed by atoms with Crippen LogP contribution in [0.15, 0.2) is 34.7 Å². The molecule has 1 atom stereocenters. The molecule has 1 fully saturated rings. The van der Waals surface area contributed by atoms with Crippen molar-refractivity contribution in [3.63, 3.8) is 0 Å². The third-order valence-corrected chi connectivity index (χ3v) is 8.17. The van der Waals surface area contributed by atoms with E-state index in [0.29, 0.717) is 33.3 Å². The van der Waals surface area contributed by atoms with E-state index in [1.54, 1.807) is 31.7 Å². The molecule has 0 radical (unpaired) electrons. The fourth-order valence-electron chi connectivity index (χ4n) is 4.67. The molecule has 1 unspecified atom stereocenters. The Morgan fingerprint density at radius 1 is 1.27 bits per heavy atom. The molecule has 10 nitrogen and oxygen atoms in total.